The number of benzene rings is 2. The maximum Gasteiger partial charge on any atom is 0.253 e. The van der Waals surface area contributed by atoms with Crippen LogP contribution in [0.25, 0.3) is 0 Å². The standard InChI is InChI=1S/C22H27ClN2O4/c1-14(2)20(25-21(26)16-7-5-6-8-17(16)23)22(27)24-12-11-15-9-10-18(28-3)19(13-15)29-4/h5-10,13-14,20H,11-12H2,1-4H3,(H,24,27)(H,25,26). The minimum absolute atomic E-state index is 0.0810. The summed E-state index contributed by atoms with van der Waals surface area (Å²) < 4.78 is 10.5. The number of ether oxygens (including phenoxy) is 2. The van der Waals surface area contributed by atoms with Gasteiger partial charge in [-0.15, -0.1) is 0 Å². The smallest absolute Gasteiger partial charge is 0.253 e. The summed E-state index contributed by atoms with van der Waals surface area (Å²) in [5, 5.41) is 6.02. The van der Waals surface area contributed by atoms with Crippen LogP contribution in [0.1, 0.15) is 29.8 Å². The van der Waals surface area contributed by atoms with Crippen molar-refractivity contribution in [3.63, 3.8) is 0 Å². The third kappa shape index (κ3) is 6.12. The molecule has 0 aliphatic heterocycles. The van der Waals surface area contributed by atoms with Crippen molar-refractivity contribution in [3.05, 3.63) is 58.6 Å². The summed E-state index contributed by atoms with van der Waals surface area (Å²) in [4.78, 5) is 25.2. The Morgan fingerprint density at radius 2 is 1.72 bits per heavy atom. The van der Waals surface area contributed by atoms with E-state index in [4.69, 9.17) is 21.1 Å². The Hall–Kier alpha value is -2.73. The quantitative estimate of drug-likeness (QED) is 0.653. The molecule has 0 saturated carbocycles. The lowest BCUT2D eigenvalue weighted by Crippen LogP contribution is -2.50. The lowest BCUT2D eigenvalue weighted by molar-refractivity contribution is -0.123. The highest BCUT2D eigenvalue weighted by atomic mass is 35.5. The van der Waals surface area contributed by atoms with Crippen LogP contribution in [0.15, 0.2) is 42.5 Å². The predicted octanol–water partition coefficient (Wildman–Crippen LogP) is 3.47. The first-order chi connectivity index (χ1) is 13.9. The van der Waals surface area contributed by atoms with E-state index in [1.54, 1.807) is 38.5 Å². The number of hydrogen-bond acceptors (Lipinski definition) is 4. The molecular weight excluding hydrogens is 392 g/mol. The summed E-state index contributed by atoms with van der Waals surface area (Å²) in [6.45, 7) is 4.19. The Kier molecular flexibility index (Phi) is 8.34. The molecule has 1 unspecified atom stereocenters. The van der Waals surface area contributed by atoms with Gasteiger partial charge in [0, 0.05) is 6.54 Å². The van der Waals surface area contributed by atoms with E-state index >= 15 is 0 Å². The molecule has 2 aromatic rings. The molecule has 0 radical (unpaired) electrons. The second kappa shape index (κ2) is 10.7. The number of halogens is 1. The van der Waals surface area contributed by atoms with Crippen LogP contribution >= 0.6 is 11.6 Å². The van der Waals surface area contributed by atoms with Crippen molar-refractivity contribution in [2.75, 3.05) is 20.8 Å². The number of carbonyl (C=O) groups excluding carboxylic acids is 2. The van der Waals surface area contributed by atoms with Crippen molar-refractivity contribution in [1.82, 2.24) is 10.6 Å². The van der Waals surface area contributed by atoms with E-state index in [1.807, 2.05) is 32.0 Å². The number of amides is 2. The molecule has 0 bridgehead atoms. The van der Waals surface area contributed by atoms with Crippen molar-refractivity contribution in [3.8, 4) is 11.5 Å². The second-order valence-electron chi connectivity index (χ2n) is 6.91. The summed E-state index contributed by atoms with van der Waals surface area (Å²) in [5.41, 5.74) is 1.35. The van der Waals surface area contributed by atoms with E-state index in [0.717, 1.165) is 5.56 Å². The van der Waals surface area contributed by atoms with Crippen molar-refractivity contribution < 1.29 is 19.1 Å². The molecule has 2 rings (SSSR count). The maximum absolute atomic E-state index is 12.6. The molecule has 29 heavy (non-hydrogen) atoms. The van der Waals surface area contributed by atoms with Crippen molar-refractivity contribution in [2.24, 2.45) is 5.92 Å². The molecule has 2 N–H and O–H groups in total. The Bertz CT molecular complexity index is 854. The van der Waals surface area contributed by atoms with E-state index in [0.29, 0.717) is 35.1 Å². The molecule has 0 aromatic heterocycles. The largest absolute Gasteiger partial charge is 0.493 e. The SMILES string of the molecule is COc1ccc(CCNC(=O)C(NC(=O)c2ccccc2Cl)C(C)C)cc1OC. The van der Waals surface area contributed by atoms with Gasteiger partial charge in [0.1, 0.15) is 6.04 Å². The van der Waals surface area contributed by atoms with E-state index in [-0.39, 0.29) is 17.7 Å². The lowest BCUT2D eigenvalue weighted by Gasteiger charge is -2.22. The Labute approximate surface area is 176 Å². The molecular formula is C22H27ClN2O4. The van der Waals surface area contributed by atoms with Crippen LogP contribution in [0.4, 0.5) is 0 Å². The van der Waals surface area contributed by atoms with Gasteiger partial charge >= 0.3 is 0 Å². The first-order valence-corrected chi connectivity index (χ1v) is 9.79. The fraction of sp³-hybridized carbons (Fsp3) is 0.364. The van der Waals surface area contributed by atoms with Crippen molar-refractivity contribution in [1.29, 1.82) is 0 Å². The highest BCUT2D eigenvalue weighted by Gasteiger charge is 2.25. The van der Waals surface area contributed by atoms with Gasteiger partial charge < -0.3 is 20.1 Å². The van der Waals surface area contributed by atoms with E-state index in [1.165, 1.54) is 0 Å². The minimum Gasteiger partial charge on any atom is -0.493 e. The van der Waals surface area contributed by atoms with Gasteiger partial charge in [0.05, 0.1) is 24.8 Å². The molecule has 7 heteroatoms. The number of carbonyl (C=O) groups is 2. The average Bonchev–Trinajstić information content (AvgIpc) is 2.71. The van der Waals surface area contributed by atoms with Crippen molar-refractivity contribution >= 4 is 23.4 Å². The van der Waals surface area contributed by atoms with Crippen LogP contribution in [0.3, 0.4) is 0 Å². The Morgan fingerprint density at radius 1 is 1.03 bits per heavy atom. The summed E-state index contributed by atoms with van der Waals surface area (Å²) >= 11 is 6.08. The summed E-state index contributed by atoms with van der Waals surface area (Å²) in [5.74, 6) is 0.610. The van der Waals surface area contributed by atoms with Crippen LogP contribution in [-0.4, -0.2) is 38.6 Å². The summed E-state index contributed by atoms with van der Waals surface area (Å²) in [6, 6.07) is 11.7. The average molecular weight is 419 g/mol. The van der Waals surface area contributed by atoms with E-state index in [2.05, 4.69) is 10.6 Å². The fourth-order valence-corrected chi connectivity index (χ4v) is 3.10. The topological polar surface area (TPSA) is 76.7 Å². The molecule has 0 fully saturated rings. The normalized spacial score (nSPS) is 11.7. The van der Waals surface area contributed by atoms with E-state index in [9.17, 15) is 9.59 Å². The predicted molar refractivity (Wildman–Crippen MR) is 114 cm³/mol. The molecule has 2 aromatic carbocycles. The van der Waals surface area contributed by atoms with Gasteiger partial charge in [-0.2, -0.15) is 0 Å². The Morgan fingerprint density at radius 3 is 2.34 bits per heavy atom. The van der Waals surface area contributed by atoms with Gasteiger partial charge in [0.15, 0.2) is 11.5 Å². The summed E-state index contributed by atoms with van der Waals surface area (Å²) in [6.07, 6.45) is 0.620. The molecule has 2 amide bonds. The lowest BCUT2D eigenvalue weighted by atomic mass is 10.0. The monoisotopic (exact) mass is 418 g/mol. The molecule has 0 spiro atoms. The van der Waals surface area contributed by atoms with Crippen LogP contribution in [-0.2, 0) is 11.2 Å². The highest BCUT2D eigenvalue weighted by molar-refractivity contribution is 6.33. The summed E-state index contributed by atoms with van der Waals surface area (Å²) in [7, 11) is 3.17. The zero-order chi connectivity index (χ0) is 21.4. The van der Waals surface area contributed by atoms with Crippen LogP contribution in [0, 0.1) is 5.92 Å². The number of hydrogen-bond donors (Lipinski definition) is 2. The minimum atomic E-state index is -0.663. The molecule has 6 nitrogen and oxygen atoms in total. The Balaban J connectivity index is 1.96. The first kappa shape index (κ1) is 22.6. The molecule has 0 saturated heterocycles. The third-order valence-corrected chi connectivity index (χ3v) is 4.84. The van der Waals surface area contributed by atoms with Crippen LogP contribution in [0.5, 0.6) is 11.5 Å². The zero-order valence-corrected chi connectivity index (χ0v) is 17.9. The van der Waals surface area contributed by atoms with E-state index < -0.39 is 6.04 Å². The maximum atomic E-state index is 12.6. The van der Waals surface area contributed by atoms with Crippen LogP contribution < -0.4 is 20.1 Å². The highest BCUT2D eigenvalue weighted by Crippen LogP contribution is 2.27. The van der Waals surface area contributed by atoms with Gasteiger partial charge in [-0.05, 0) is 42.2 Å². The fourth-order valence-electron chi connectivity index (χ4n) is 2.88. The molecule has 1 atom stereocenters. The first-order valence-electron chi connectivity index (χ1n) is 9.41. The van der Waals surface area contributed by atoms with Gasteiger partial charge in [-0.25, -0.2) is 0 Å². The second-order valence-corrected chi connectivity index (χ2v) is 7.31. The molecule has 0 aliphatic rings. The van der Waals surface area contributed by atoms with Crippen molar-refractivity contribution in [2.45, 2.75) is 26.3 Å². The number of rotatable bonds is 9. The van der Waals surface area contributed by atoms with Gasteiger partial charge in [-0.1, -0.05) is 43.6 Å². The third-order valence-electron chi connectivity index (χ3n) is 4.52. The molecule has 0 heterocycles. The number of nitrogens with one attached hydrogen (secondary N) is 2. The van der Waals surface area contributed by atoms with Gasteiger partial charge in [-0.3, -0.25) is 9.59 Å². The van der Waals surface area contributed by atoms with Gasteiger partial charge in [0.2, 0.25) is 5.91 Å². The molecule has 0 aliphatic carbocycles. The zero-order valence-electron chi connectivity index (χ0n) is 17.1. The van der Waals surface area contributed by atoms with Gasteiger partial charge in [0.25, 0.3) is 5.91 Å². The van der Waals surface area contributed by atoms with Crippen LogP contribution in [0.2, 0.25) is 5.02 Å². The number of methoxy groups -OCH3 is 2. The molecule has 156 valence electrons.